The van der Waals surface area contributed by atoms with E-state index >= 15 is 0 Å². The molecule has 58 heavy (non-hydrogen) atoms. The molecule has 278 valence electrons. The van der Waals surface area contributed by atoms with E-state index in [1.807, 2.05) is 36.4 Å². The Morgan fingerprint density at radius 2 is 0.741 bits per heavy atom. The number of hydrogen-bond donors (Lipinski definition) is 0. The molecule has 8 aromatic carbocycles. The predicted octanol–water partition coefficient (Wildman–Crippen LogP) is 14.1. The van der Waals surface area contributed by atoms with E-state index in [4.69, 9.17) is 15.0 Å². The van der Waals surface area contributed by atoms with Gasteiger partial charge < -0.3 is 4.90 Å². The number of benzene rings is 8. The van der Waals surface area contributed by atoms with Gasteiger partial charge in [0, 0.05) is 26.5 Å². The predicted molar refractivity (Wildman–Crippen MR) is 243 cm³/mol. The molecule has 0 bridgehead atoms. The lowest BCUT2D eigenvalue weighted by atomic mass is 9.90. The standard InChI is InChI=1S/C53H40N4S/c1-58(2)49-29-17-15-27-47(49)57(48-28-16-18-30-50(48)58)46-34-32-42(44-35-41(37-19-7-3-8-20-37)31-33-43(44)38-21-9-4-10-22-38)36-45(46)53-55-51(39-23-11-5-12-24-39)54-52(56-53)40-25-13-6-14-26-40/h3-36H,1-2H3. The maximum atomic E-state index is 5.33. The van der Waals surface area contributed by atoms with E-state index in [0.717, 1.165) is 50.2 Å². The first kappa shape index (κ1) is 35.3. The van der Waals surface area contributed by atoms with E-state index < -0.39 is 10.0 Å². The van der Waals surface area contributed by atoms with Gasteiger partial charge in [-0.2, -0.15) is 10.0 Å². The van der Waals surface area contributed by atoms with Crippen LogP contribution in [0, 0.1) is 0 Å². The third kappa shape index (κ3) is 6.36. The molecule has 0 aliphatic carbocycles. The van der Waals surface area contributed by atoms with Gasteiger partial charge in [-0.1, -0.05) is 164 Å². The molecule has 0 fully saturated rings. The van der Waals surface area contributed by atoms with E-state index in [-0.39, 0.29) is 0 Å². The second kappa shape index (κ2) is 14.8. The third-order valence-corrected chi connectivity index (χ3v) is 13.9. The Kier molecular flexibility index (Phi) is 9.00. The summed E-state index contributed by atoms with van der Waals surface area (Å²) in [6.07, 6.45) is 4.81. The summed E-state index contributed by atoms with van der Waals surface area (Å²) in [5, 5.41) is 0. The lowest BCUT2D eigenvalue weighted by molar-refractivity contribution is 1.07. The van der Waals surface area contributed by atoms with Crippen LogP contribution in [0.4, 0.5) is 17.1 Å². The number of aromatic nitrogens is 3. The van der Waals surface area contributed by atoms with Gasteiger partial charge in [-0.3, -0.25) is 0 Å². The monoisotopic (exact) mass is 764 g/mol. The van der Waals surface area contributed by atoms with Gasteiger partial charge in [-0.25, -0.2) is 15.0 Å². The zero-order valence-electron chi connectivity index (χ0n) is 32.3. The van der Waals surface area contributed by atoms with Crippen molar-refractivity contribution in [3.8, 4) is 67.5 Å². The Balaban J connectivity index is 1.28. The normalized spacial score (nSPS) is 13.3. The van der Waals surface area contributed by atoms with Crippen molar-refractivity contribution in [1.82, 2.24) is 15.0 Å². The molecule has 4 nitrogen and oxygen atoms in total. The van der Waals surface area contributed by atoms with Crippen LogP contribution in [0.15, 0.2) is 216 Å². The van der Waals surface area contributed by atoms with E-state index in [9.17, 15) is 0 Å². The Labute approximate surface area is 341 Å². The second-order valence-corrected chi connectivity index (χ2v) is 18.4. The van der Waals surface area contributed by atoms with Crippen LogP contribution < -0.4 is 4.90 Å². The first-order valence-electron chi connectivity index (χ1n) is 19.5. The summed E-state index contributed by atoms with van der Waals surface area (Å²) in [5.74, 6) is 1.86. The molecule has 0 spiro atoms. The highest BCUT2D eigenvalue weighted by Crippen LogP contribution is 2.67. The molecule has 9 aromatic rings. The molecule has 1 aliphatic heterocycles. The summed E-state index contributed by atoms with van der Waals surface area (Å²) in [5.41, 5.74) is 13.0. The van der Waals surface area contributed by atoms with Crippen LogP contribution in [-0.2, 0) is 0 Å². The summed E-state index contributed by atoms with van der Waals surface area (Å²) in [4.78, 5) is 20.9. The van der Waals surface area contributed by atoms with Crippen LogP contribution in [-0.4, -0.2) is 27.5 Å². The minimum Gasteiger partial charge on any atom is -0.308 e. The van der Waals surface area contributed by atoms with Crippen molar-refractivity contribution in [3.05, 3.63) is 206 Å². The number of fused-ring (bicyclic) bond motifs is 2. The van der Waals surface area contributed by atoms with Crippen molar-refractivity contribution in [2.24, 2.45) is 0 Å². The highest BCUT2D eigenvalue weighted by atomic mass is 32.3. The van der Waals surface area contributed by atoms with Crippen molar-refractivity contribution in [3.63, 3.8) is 0 Å². The number of para-hydroxylation sites is 2. The van der Waals surface area contributed by atoms with Crippen molar-refractivity contribution in [2.45, 2.75) is 9.79 Å². The summed E-state index contributed by atoms with van der Waals surface area (Å²) in [6.45, 7) is 0. The summed E-state index contributed by atoms with van der Waals surface area (Å²) < 4.78 is 0. The summed E-state index contributed by atoms with van der Waals surface area (Å²) >= 11 is 0. The zero-order chi connectivity index (χ0) is 39.1. The highest BCUT2D eigenvalue weighted by molar-refractivity contribution is 8.33. The Morgan fingerprint density at radius 1 is 0.310 bits per heavy atom. The molecule has 0 unspecified atom stereocenters. The van der Waals surface area contributed by atoms with Crippen LogP contribution >= 0.6 is 10.0 Å². The average Bonchev–Trinajstić information content (AvgIpc) is 3.30. The molecule has 2 heterocycles. The van der Waals surface area contributed by atoms with Gasteiger partial charge in [0.2, 0.25) is 0 Å². The number of hydrogen-bond acceptors (Lipinski definition) is 4. The van der Waals surface area contributed by atoms with Gasteiger partial charge in [0.1, 0.15) is 0 Å². The molecule has 5 heteroatoms. The Morgan fingerprint density at radius 3 is 1.29 bits per heavy atom. The molecule has 0 radical (unpaired) electrons. The number of anilines is 3. The van der Waals surface area contributed by atoms with Crippen LogP contribution in [0.1, 0.15) is 0 Å². The van der Waals surface area contributed by atoms with Gasteiger partial charge in [0.15, 0.2) is 17.5 Å². The Hall–Kier alpha value is -7.08. The van der Waals surface area contributed by atoms with Crippen molar-refractivity contribution >= 4 is 27.1 Å². The molecule has 1 aliphatic rings. The SMILES string of the molecule is CS1(C)c2ccccc2N(c2ccc(-c3cc(-c4ccccc4)ccc3-c3ccccc3)cc2-c2nc(-c3ccccc3)nc(-c3ccccc3)n2)c2ccccc21. The number of nitrogens with zero attached hydrogens (tertiary/aromatic N) is 4. The summed E-state index contributed by atoms with van der Waals surface area (Å²) in [7, 11) is -1.31. The van der Waals surface area contributed by atoms with Crippen LogP contribution in [0.2, 0.25) is 0 Å². The van der Waals surface area contributed by atoms with Crippen LogP contribution in [0.5, 0.6) is 0 Å². The highest BCUT2D eigenvalue weighted by Gasteiger charge is 2.35. The molecule has 10 rings (SSSR count). The fourth-order valence-corrected chi connectivity index (χ4v) is 10.6. The second-order valence-electron chi connectivity index (χ2n) is 14.9. The van der Waals surface area contributed by atoms with Crippen molar-refractivity contribution < 1.29 is 0 Å². The molecular weight excluding hydrogens is 725 g/mol. The Bertz CT molecular complexity index is 2810. The van der Waals surface area contributed by atoms with Crippen molar-refractivity contribution in [1.29, 1.82) is 0 Å². The summed E-state index contributed by atoms with van der Waals surface area (Å²) in [6, 6.07) is 73.1. The van der Waals surface area contributed by atoms with Crippen LogP contribution in [0.25, 0.3) is 67.5 Å². The minimum atomic E-state index is -1.31. The van der Waals surface area contributed by atoms with Crippen LogP contribution in [0.3, 0.4) is 0 Å². The van der Waals surface area contributed by atoms with Gasteiger partial charge in [-0.05, 0) is 88.4 Å². The number of rotatable bonds is 7. The lowest BCUT2D eigenvalue weighted by Crippen LogP contribution is -2.20. The maximum Gasteiger partial charge on any atom is 0.166 e. The molecule has 1 aromatic heterocycles. The third-order valence-electron chi connectivity index (χ3n) is 11.0. The molecule has 0 N–H and O–H groups in total. The molecule has 0 atom stereocenters. The van der Waals surface area contributed by atoms with Gasteiger partial charge in [0.25, 0.3) is 0 Å². The topological polar surface area (TPSA) is 41.9 Å². The fourth-order valence-electron chi connectivity index (χ4n) is 8.12. The van der Waals surface area contributed by atoms with Gasteiger partial charge >= 0.3 is 0 Å². The van der Waals surface area contributed by atoms with Crippen molar-refractivity contribution in [2.75, 3.05) is 17.4 Å². The quantitative estimate of drug-likeness (QED) is 0.162. The fraction of sp³-hybridized carbons (Fsp3) is 0.0377. The van der Waals surface area contributed by atoms with Gasteiger partial charge in [0.05, 0.1) is 17.1 Å². The van der Waals surface area contributed by atoms with Gasteiger partial charge in [-0.15, -0.1) is 0 Å². The van der Waals surface area contributed by atoms with E-state index in [2.05, 4.69) is 187 Å². The molecule has 0 amide bonds. The van der Waals surface area contributed by atoms with E-state index in [0.29, 0.717) is 17.5 Å². The first-order valence-corrected chi connectivity index (χ1v) is 22.0. The lowest BCUT2D eigenvalue weighted by Gasteiger charge is -2.45. The largest absolute Gasteiger partial charge is 0.308 e. The molecule has 0 saturated heterocycles. The molecule has 0 saturated carbocycles. The molecular formula is C53H40N4S. The zero-order valence-corrected chi connectivity index (χ0v) is 33.1. The first-order chi connectivity index (χ1) is 28.5. The maximum absolute atomic E-state index is 5.33. The average molecular weight is 765 g/mol. The van der Waals surface area contributed by atoms with E-state index in [1.165, 1.54) is 26.7 Å². The van der Waals surface area contributed by atoms with E-state index in [1.54, 1.807) is 0 Å². The minimum absolute atomic E-state index is 0.608. The smallest absolute Gasteiger partial charge is 0.166 e.